The van der Waals surface area contributed by atoms with E-state index in [0.29, 0.717) is 23.8 Å². The van der Waals surface area contributed by atoms with Gasteiger partial charge in [-0.2, -0.15) is 0 Å². The van der Waals surface area contributed by atoms with Gasteiger partial charge in [-0.15, -0.1) is 0 Å². The van der Waals surface area contributed by atoms with Gasteiger partial charge in [-0.3, -0.25) is 14.9 Å². The molecule has 1 heterocycles. The van der Waals surface area contributed by atoms with E-state index in [0.717, 1.165) is 19.4 Å². The summed E-state index contributed by atoms with van der Waals surface area (Å²) in [5, 5.41) is 13.4. The van der Waals surface area contributed by atoms with E-state index in [1.54, 1.807) is 31.2 Å². The van der Waals surface area contributed by atoms with Gasteiger partial charge >= 0.3 is 0 Å². The third kappa shape index (κ3) is 5.43. The minimum absolute atomic E-state index is 0.0359. The lowest BCUT2D eigenvalue weighted by molar-refractivity contribution is -0.384. The number of benzene rings is 2. The molecule has 2 aromatic rings. The van der Waals surface area contributed by atoms with Crippen LogP contribution < -0.4 is 14.8 Å². The quantitative estimate of drug-likeness (QED) is 0.550. The normalized spacial score (nSPS) is 17.0. The van der Waals surface area contributed by atoms with Gasteiger partial charge in [-0.1, -0.05) is 0 Å². The van der Waals surface area contributed by atoms with Crippen LogP contribution in [0.15, 0.2) is 48.5 Å². The summed E-state index contributed by atoms with van der Waals surface area (Å²) in [7, 11) is 0. The zero-order chi connectivity index (χ0) is 19.9. The molecule has 2 aromatic carbocycles. The number of carbonyl (C=O) groups excluding carboxylic acids is 1. The van der Waals surface area contributed by atoms with E-state index in [4.69, 9.17) is 14.2 Å². The number of nitrogens with zero attached hydrogens (tertiary/aromatic N) is 1. The molecule has 1 saturated heterocycles. The number of nitrogens with one attached hydrogen (secondary N) is 1. The monoisotopic (exact) mass is 386 g/mol. The van der Waals surface area contributed by atoms with E-state index in [2.05, 4.69) is 5.32 Å². The number of anilines is 1. The predicted octanol–water partition coefficient (Wildman–Crippen LogP) is 3.56. The van der Waals surface area contributed by atoms with Crippen LogP contribution in [0.1, 0.15) is 19.8 Å². The van der Waals surface area contributed by atoms with Crippen molar-refractivity contribution in [2.45, 2.75) is 32.0 Å². The highest BCUT2D eigenvalue weighted by atomic mass is 16.6. The maximum absolute atomic E-state index is 12.3. The topological polar surface area (TPSA) is 99.9 Å². The third-order valence-corrected chi connectivity index (χ3v) is 4.31. The Balaban J connectivity index is 1.48. The zero-order valence-electron chi connectivity index (χ0n) is 15.5. The molecule has 8 heteroatoms. The summed E-state index contributed by atoms with van der Waals surface area (Å²) in [4.78, 5) is 22.5. The lowest BCUT2D eigenvalue weighted by atomic mass is 10.2. The van der Waals surface area contributed by atoms with Crippen LogP contribution in [-0.2, 0) is 9.53 Å². The number of hydrogen-bond donors (Lipinski definition) is 1. The zero-order valence-corrected chi connectivity index (χ0v) is 15.5. The van der Waals surface area contributed by atoms with E-state index in [-0.39, 0.29) is 17.7 Å². The van der Waals surface area contributed by atoms with Crippen LogP contribution in [0.5, 0.6) is 11.5 Å². The van der Waals surface area contributed by atoms with Gasteiger partial charge < -0.3 is 19.5 Å². The molecule has 0 spiro atoms. The summed E-state index contributed by atoms with van der Waals surface area (Å²) in [6.07, 6.45) is 1.47. The molecule has 0 bridgehead atoms. The second-order valence-corrected chi connectivity index (χ2v) is 6.47. The van der Waals surface area contributed by atoms with Crippen LogP contribution in [0.25, 0.3) is 0 Å². The number of ether oxygens (including phenoxy) is 3. The minimum atomic E-state index is -0.767. The molecule has 148 valence electrons. The number of carbonyl (C=O) groups is 1. The maximum Gasteiger partial charge on any atom is 0.269 e. The second kappa shape index (κ2) is 9.18. The fourth-order valence-electron chi connectivity index (χ4n) is 2.75. The molecule has 0 aromatic heterocycles. The van der Waals surface area contributed by atoms with Crippen molar-refractivity contribution in [3.63, 3.8) is 0 Å². The van der Waals surface area contributed by atoms with Gasteiger partial charge in [0.15, 0.2) is 6.10 Å². The molecule has 3 rings (SSSR count). The Hall–Kier alpha value is -3.13. The lowest BCUT2D eigenvalue weighted by Gasteiger charge is -2.15. The Morgan fingerprint density at radius 3 is 2.50 bits per heavy atom. The Labute approximate surface area is 162 Å². The first-order valence-electron chi connectivity index (χ1n) is 9.08. The molecule has 1 aliphatic rings. The molecule has 2 atom stereocenters. The molecule has 0 radical (unpaired) electrons. The van der Waals surface area contributed by atoms with E-state index in [1.807, 2.05) is 0 Å². The van der Waals surface area contributed by atoms with Gasteiger partial charge in [-0.25, -0.2) is 0 Å². The van der Waals surface area contributed by atoms with Crippen molar-refractivity contribution in [2.75, 3.05) is 18.5 Å². The second-order valence-electron chi connectivity index (χ2n) is 6.47. The molecule has 1 amide bonds. The average molecular weight is 386 g/mol. The molecule has 0 saturated carbocycles. The van der Waals surface area contributed by atoms with Crippen molar-refractivity contribution in [1.82, 2.24) is 0 Å². The molecule has 1 N–H and O–H groups in total. The van der Waals surface area contributed by atoms with E-state index < -0.39 is 11.0 Å². The van der Waals surface area contributed by atoms with Crippen molar-refractivity contribution in [3.8, 4) is 11.5 Å². The highest BCUT2D eigenvalue weighted by Gasteiger charge is 2.17. The van der Waals surface area contributed by atoms with Crippen molar-refractivity contribution in [3.05, 3.63) is 58.6 Å². The number of rotatable bonds is 8. The summed E-state index contributed by atoms with van der Waals surface area (Å²) >= 11 is 0. The maximum atomic E-state index is 12.3. The molecule has 8 nitrogen and oxygen atoms in total. The van der Waals surface area contributed by atoms with Crippen LogP contribution in [0.2, 0.25) is 0 Å². The first kappa shape index (κ1) is 19.6. The summed E-state index contributed by atoms with van der Waals surface area (Å²) in [6.45, 7) is 2.92. The van der Waals surface area contributed by atoms with Crippen LogP contribution in [0, 0.1) is 10.1 Å². The summed E-state index contributed by atoms with van der Waals surface area (Å²) in [5.41, 5.74) is 0.583. The van der Waals surface area contributed by atoms with Crippen molar-refractivity contribution in [1.29, 1.82) is 0 Å². The predicted molar refractivity (Wildman–Crippen MR) is 103 cm³/mol. The lowest BCUT2D eigenvalue weighted by Crippen LogP contribution is -2.30. The largest absolute Gasteiger partial charge is 0.491 e. The van der Waals surface area contributed by atoms with Crippen molar-refractivity contribution >= 4 is 17.3 Å². The van der Waals surface area contributed by atoms with Crippen molar-refractivity contribution in [2.24, 2.45) is 0 Å². The van der Waals surface area contributed by atoms with Gasteiger partial charge in [-0.05, 0) is 56.2 Å². The molecule has 0 unspecified atom stereocenters. The van der Waals surface area contributed by atoms with Gasteiger partial charge in [0.05, 0.1) is 11.0 Å². The average Bonchev–Trinajstić information content (AvgIpc) is 3.21. The van der Waals surface area contributed by atoms with Gasteiger partial charge in [0.25, 0.3) is 11.6 Å². The van der Waals surface area contributed by atoms with Gasteiger partial charge in [0.1, 0.15) is 18.1 Å². The molecule has 28 heavy (non-hydrogen) atoms. The highest BCUT2D eigenvalue weighted by molar-refractivity contribution is 5.94. The minimum Gasteiger partial charge on any atom is -0.491 e. The number of hydrogen-bond acceptors (Lipinski definition) is 6. The first-order chi connectivity index (χ1) is 13.5. The fourth-order valence-corrected chi connectivity index (χ4v) is 2.75. The van der Waals surface area contributed by atoms with Crippen LogP contribution in [-0.4, -0.2) is 36.3 Å². The summed E-state index contributed by atoms with van der Waals surface area (Å²) in [6, 6.07) is 12.6. The smallest absolute Gasteiger partial charge is 0.269 e. The Morgan fingerprint density at radius 1 is 1.21 bits per heavy atom. The number of non-ortho nitro benzene ring substituents is 1. The SMILES string of the molecule is C[C@H](Oc1ccc([N+](=O)[O-])cc1)C(=O)Nc1ccc(OC[C@H]2CCCO2)cc1. The molecule has 1 aliphatic heterocycles. The molecule has 1 fully saturated rings. The molecular formula is C20H22N2O6. The molecule has 0 aliphatic carbocycles. The Bertz CT molecular complexity index is 800. The van der Waals surface area contributed by atoms with Crippen LogP contribution in [0.4, 0.5) is 11.4 Å². The van der Waals surface area contributed by atoms with Crippen LogP contribution >= 0.6 is 0 Å². The summed E-state index contributed by atoms with van der Waals surface area (Å²) in [5.74, 6) is 0.765. The van der Waals surface area contributed by atoms with Gasteiger partial charge in [0, 0.05) is 24.4 Å². The standard InChI is InChI=1S/C20H22N2O6/c1-14(28-18-10-6-16(7-11-18)22(24)25)20(23)21-15-4-8-17(9-5-15)27-13-19-3-2-12-26-19/h4-11,14,19H,2-3,12-13H2,1H3,(H,21,23)/t14-,19+/m0/s1. The summed E-state index contributed by atoms with van der Waals surface area (Å²) < 4.78 is 16.7. The van der Waals surface area contributed by atoms with Crippen LogP contribution in [0.3, 0.4) is 0 Å². The Kier molecular flexibility index (Phi) is 6.44. The Morgan fingerprint density at radius 2 is 1.89 bits per heavy atom. The molecular weight excluding hydrogens is 364 g/mol. The van der Waals surface area contributed by atoms with E-state index in [9.17, 15) is 14.9 Å². The van der Waals surface area contributed by atoms with E-state index in [1.165, 1.54) is 24.3 Å². The van der Waals surface area contributed by atoms with Gasteiger partial charge in [0.2, 0.25) is 0 Å². The number of nitro benzene ring substituents is 1. The van der Waals surface area contributed by atoms with E-state index >= 15 is 0 Å². The fraction of sp³-hybridized carbons (Fsp3) is 0.350. The number of nitro groups is 1. The number of amides is 1. The third-order valence-electron chi connectivity index (χ3n) is 4.31. The highest BCUT2D eigenvalue weighted by Crippen LogP contribution is 2.20. The van der Waals surface area contributed by atoms with Crippen molar-refractivity contribution < 1.29 is 23.9 Å². The first-order valence-corrected chi connectivity index (χ1v) is 9.08.